The van der Waals surface area contributed by atoms with E-state index in [1.165, 1.54) is 18.9 Å². The fourth-order valence-electron chi connectivity index (χ4n) is 4.77. The number of ether oxygens (including phenoxy) is 2. The summed E-state index contributed by atoms with van der Waals surface area (Å²) in [5.41, 5.74) is 0.555. The van der Waals surface area contributed by atoms with Crippen LogP contribution >= 0.6 is 11.8 Å². The summed E-state index contributed by atoms with van der Waals surface area (Å²) in [6.07, 6.45) is 6.15. The number of esters is 1. The Morgan fingerprint density at radius 2 is 2.00 bits per heavy atom. The molecule has 2 fully saturated rings. The lowest BCUT2D eigenvalue weighted by molar-refractivity contribution is -0.129. The molecule has 1 amide bonds. The number of carbonyl (C=O) groups excluding carboxylic acids is 2. The van der Waals surface area contributed by atoms with E-state index in [0.717, 1.165) is 44.4 Å². The number of benzene rings is 1. The van der Waals surface area contributed by atoms with Crippen molar-refractivity contribution in [2.24, 2.45) is 5.92 Å². The second-order valence-electron chi connectivity index (χ2n) is 9.38. The highest BCUT2D eigenvalue weighted by molar-refractivity contribution is 7.99. The molecule has 1 aliphatic carbocycles. The van der Waals surface area contributed by atoms with Crippen LogP contribution in [0.25, 0.3) is 10.9 Å². The van der Waals surface area contributed by atoms with Gasteiger partial charge in [0.25, 0.3) is 5.56 Å². The SMILES string of the molecule is COC(=O)c1ccc2c(=O)n(C[C@H]3CCCO3)c(SCC(=O)N(C)C3CCC(C)CC3)nc2c1. The minimum absolute atomic E-state index is 0.0332. The van der Waals surface area contributed by atoms with E-state index in [1.54, 1.807) is 22.8 Å². The van der Waals surface area contributed by atoms with Crippen molar-refractivity contribution in [3.63, 3.8) is 0 Å². The number of thioether (sulfide) groups is 1. The molecule has 1 saturated carbocycles. The largest absolute Gasteiger partial charge is 0.465 e. The monoisotopic (exact) mass is 487 g/mol. The molecule has 1 atom stereocenters. The van der Waals surface area contributed by atoms with E-state index >= 15 is 0 Å². The third-order valence-corrected chi connectivity index (χ3v) is 7.96. The zero-order chi connectivity index (χ0) is 24.2. The molecule has 0 bridgehead atoms. The summed E-state index contributed by atoms with van der Waals surface area (Å²) in [7, 11) is 3.19. The number of hydrogen-bond acceptors (Lipinski definition) is 7. The molecule has 0 unspecified atom stereocenters. The van der Waals surface area contributed by atoms with Crippen LogP contribution in [0.2, 0.25) is 0 Å². The predicted molar refractivity (Wildman–Crippen MR) is 131 cm³/mol. The van der Waals surface area contributed by atoms with Crippen molar-refractivity contribution in [2.75, 3.05) is 26.5 Å². The number of methoxy groups -OCH3 is 1. The van der Waals surface area contributed by atoms with Gasteiger partial charge in [-0.3, -0.25) is 14.2 Å². The molecule has 1 saturated heterocycles. The number of hydrogen-bond donors (Lipinski definition) is 0. The third kappa shape index (κ3) is 5.46. The summed E-state index contributed by atoms with van der Waals surface area (Å²) in [4.78, 5) is 44.9. The number of amides is 1. The first-order chi connectivity index (χ1) is 16.4. The van der Waals surface area contributed by atoms with Gasteiger partial charge in [0.2, 0.25) is 5.91 Å². The Balaban J connectivity index is 1.59. The molecule has 0 spiro atoms. The Morgan fingerprint density at radius 3 is 2.68 bits per heavy atom. The molecule has 0 radical (unpaired) electrons. The van der Waals surface area contributed by atoms with E-state index in [0.29, 0.717) is 34.8 Å². The van der Waals surface area contributed by atoms with Gasteiger partial charge in [-0.1, -0.05) is 18.7 Å². The summed E-state index contributed by atoms with van der Waals surface area (Å²) in [6, 6.07) is 5.02. The quantitative estimate of drug-likeness (QED) is 0.335. The zero-order valence-electron chi connectivity index (χ0n) is 20.1. The van der Waals surface area contributed by atoms with Crippen LogP contribution in [0.5, 0.6) is 0 Å². The van der Waals surface area contributed by atoms with Crippen LogP contribution in [0, 0.1) is 5.92 Å². The average molecular weight is 488 g/mol. The van der Waals surface area contributed by atoms with E-state index in [4.69, 9.17) is 14.5 Å². The standard InChI is InChI=1S/C25H33N3O5S/c1-16-6-9-18(10-7-16)27(2)22(29)15-34-25-26-21-13-17(24(31)32-3)8-11-20(21)23(30)28(25)14-19-5-4-12-33-19/h8,11,13,16,18-19H,4-7,9-10,12,14-15H2,1-3H3/t16?,18?,19-/m1/s1. The van der Waals surface area contributed by atoms with E-state index in [-0.39, 0.29) is 29.4 Å². The summed E-state index contributed by atoms with van der Waals surface area (Å²) in [5.74, 6) is 0.465. The van der Waals surface area contributed by atoms with Crippen LogP contribution in [0.4, 0.5) is 0 Å². The molecule has 8 nitrogen and oxygen atoms in total. The topological polar surface area (TPSA) is 90.7 Å². The maximum atomic E-state index is 13.4. The van der Waals surface area contributed by atoms with E-state index in [1.807, 2.05) is 11.9 Å². The van der Waals surface area contributed by atoms with Crippen molar-refractivity contribution < 1.29 is 19.1 Å². The Kier molecular flexibility index (Phi) is 7.93. The Morgan fingerprint density at radius 1 is 1.24 bits per heavy atom. The van der Waals surface area contributed by atoms with E-state index in [2.05, 4.69) is 6.92 Å². The van der Waals surface area contributed by atoms with Gasteiger partial charge in [-0.05, 0) is 62.6 Å². The molecule has 9 heteroatoms. The zero-order valence-corrected chi connectivity index (χ0v) is 20.9. The van der Waals surface area contributed by atoms with Crippen molar-refractivity contribution in [1.29, 1.82) is 0 Å². The molecule has 184 valence electrons. The first-order valence-electron chi connectivity index (χ1n) is 12.0. The average Bonchev–Trinajstić information content (AvgIpc) is 3.37. The highest BCUT2D eigenvalue weighted by Gasteiger charge is 2.26. The molecule has 0 N–H and O–H groups in total. The van der Waals surface area contributed by atoms with Crippen molar-refractivity contribution in [3.8, 4) is 0 Å². The lowest BCUT2D eigenvalue weighted by Gasteiger charge is -2.33. The predicted octanol–water partition coefficient (Wildman–Crippen LogP) is 3.49. The molecule has 2 aliphatic rings. The van der Waals surface area contributed by atoms with E-state index in [9.17, 15) is 14.4 Å². The molecule has 34 heavy (non-hydrogen) atoms. The van der Waals surface area contributed by atoms with Crippen molar-refractivity contribution in [2.45, 2.75) is 69.3 Å². The molecule has 1 aromatic carbocycles. The molecular formula is C25H33N3O5S. The maximum absolute atomic E-state index is 13.4. The number of aromatic nitrogens is 2. The Labute approximate surface area is 204 Å². The van der Waals surface area contributed by atoms with Crippen molar-refractivity contribution in [3.05, 3.63) is 34.1 Å². The second-order valence-corrected chi connectivity index (χ2v) is 10.3. The van der Waals surface area contributed by atoms with Gasteiger partial charge < -0.3 is 14.4 Å². The van der Waals surface area contributed by atoms with Crippen LogP contribution in [0.1, 0.15) is 55.8 Å². The molecular weight excluding hydrogens is 454 g/mol. The molecule has 1 aliphatic heterocycles. The molecule has 2 heterocycles. The highest BCUT2D eigenvalue weighted by Crippen LogP contribution is 2.28. The fourth-order valence-corrected chi connectivity index (χ4v) is 5.70. The van der Waals surface area contributed by atoms with E-state index < -0.39 is 5.97 Å². The normalized spacial score (nSPS) is 22.6. The van der Waals surface area contributed by atoms with Gasteiger partial charge in [-0.2, -0.15) is 0 Å². The van der Waals surface area contributed by atoms with Gasteiger partial charge >= 0.3 is 5.97 Å². The van der Waals surface area contributed by atoms with Gasteiger partial charge in [0, 0.05) is 19.7 Å². The van der Waals surface area contributed by atoms with Crippen LogP contribution < -0.4 is 5.56 Å². The number of nitrogens with zero attached hydrogens (tertiary/aromatic N) is 3. The van der Waals surface area contributed by atoms with Gasteiger partial charge in [0.05, 0.1) is 42.0 Å². The lowest BCUT2D eigenvalue weighted by atomic mass is 9.87. The summed E-state index contributed by atoms with van der Waals surface area (Å²) in [6.45, 7) is 3.35. The van der Waals surface area contributed by atoms with Gasteiger partial charge in [0.15, 0.2) is 5.16 Å². The minimum Gasteiger partial charge on any atom is -0.465 e. The minimum atomic E-state index is -0.486. The molecule has 4 rings (SSSR count). The van der Waals surface area contributed by atoms with Crippen LogP contribution in [-0.2, 0) is 20.8 Å². The molecule has 1 aromatic heterocycles. The summed E-state index contributed by atoms with van der Waals surface area (Å²) >= 11 is 1.27. The smallest absolute Gasteiger partial charge is 0.337 e. The van der Waals surface area contributed by atoms with Gasteiger partial charge in [-0.15, -0.1) is 0 Å². The van der Waals surface area contributed by atoms with Gasteiger partial charge in [0.1, 0.15) is 0 Å². The van der Waals surface area contributed by atoms with Crippen molar-refractivity contribution in [1.82, 2.24) is 14.5 Å². The highest BCUT2D eigenvalue weighted by atomic mass is 32.2. The second kappa shape index (κ2) is 10.9. The maximum Gasteiger partial charge on any atom is 0.337 e. The van der Waals surface area contributed by atoms with Crippen LogP contribution in [0.3, 0.4) is 0 Å². The first kappa shape index (κ1) is 24.7. The number of fused-ring (bicyclic) bond motifs is 1. The Bertz CT molecular complexity index is 1100. The number of rotatable bonds is 7. The number of carbonyl (C=O) groups is 2. The summed E-state index contributed by atoms with van der Waals surface area (Å²) in [5, 5.41) is 0.892. The summed E-state index contributed by atoms with van der Waals surface area (Å²) < 4.78 is 12.2. The lowest BCUT2D eigenvalue weighted by Crippen LogP contribution is -2.40. The Hall–Kier alpha value is -2.39. The van der Waals surface area contributed by atoms with Crippen LogP contribution in [0.15, 0.2) is 28.2 Å². The van der Waals surface area contributed by atoms with Crippen molar-refractivity contribution >= 4 is 34.5 Å². The molecule has 2 aromatic rings. The third-order valence-electron chi connectivity index (χ3n) is 7.00. The van der Waals surface area contributed by atoms with Gasteiger partial charge in [-0.25, -0.2) is 9.78 Å². The first-order valence-corrected chi connectivity index (χ1v) is 13.0. The van der Waals surface area contributed by atoms with Crippen LogP contribution in [-0.4, -0.2) is 65.0 Å². The fraction of sp³-hybridized carbons (Fsp3) is 0.600.